The maximum atomic E-state index is 11.8. The summed E-state index contributed by atoms with van der Waals surface area (Å²) in [4.78, 5) is 22.4. The Bertz CT molecular complexity index is 470. The van der Waals surface area contributed by atoms with E-state index >= 15 is 0 Å². The number of carboxylic acid groups (broad SMARTS) is 1. The molecule has 1 heterocycles. The summed E-state index contributed by atoms with van der Waals surface area (Å²) in [6, 6.07) is 5.45. The molecule has 2 N–H and O–H groups in total. The van der Waals surface area contributed by atoms with Crippen molar-refractivity contribution >= 4 is 17.6 Å². The molecular formula is C12H13NO4. The second-order valence-electron chi connectivity index (χ2n) is 4.09. The van der Waals surface area contributed by atoms with E-state index in [2.05, 4.69) is 5.32 Å². The van der Waals surface area contributed by atoms with Crippen LogP contribution in [0.15, 0.2) is 18.2 Å². The number of nitrogens with one attached hydrogen (secondary N) is 1. The lowest BCUT2D eigenvalue weighted by Crippen LogP contribution is -2.27. The second kappa shape index (κ2) is 4.45. The maximum absolute atomic E-state index is 11.8. The molecule has 1 atom stereocenters. The van der Waals surface area contributed by atoms with Crippen LogP contribution in [-0.2, 0) is 9.59 Å². The third kappa shape index (κ3) is 2.55. The van der Waals surface area contributed by atoms with Crippen LogP contribution in [0.2, 0.25) is 0 Å². The molecule has 0 saturated heterocycles. The number of fused-ring (bicyclic) bond motifs is 1. The molecule has 17 heavy (non-hydrogen) atoms. The zero-order chi connectivity index (χ0) is 12.4. The van der Waals surface area contributed by atoms with Gasteiger partial charge in [0.05, 0.1) is 18.0 Å². The van der Waals surface area contributed by atoms with Gasteiger partial charge in [0.25, 0.3) is 0 Å². The molecule has 90 valence electrons. The highest BCUT2D eigenvalue weighted by Crippen LogP contribution is 2.29. The Balaban J connectivity index is 2.22. The Labute approximate surface area is 98.4 Å². The molecule has 1 aliphatic heterocycles. The average Bonchev–Trinajstić information content (AvgIpc) is 2.38. The van der Waals surface area contributed by atoms with Crippen LogP contribution in [0.5, 0.6) is 5.75 Å². The zero-order valence-corrected chi connectivity index (χ0v) is 9.40. The summed E-state index contributed by atoms with van der Waals surface area (Å²) in [7, 11) is 0. The van der Waals surface area contributed by atoms with Crippen LogP contribution in [0, 0.1) is 12.8 Å². The van der Waals surface area contributed by atoms with Crippen molar-refractivity contribution in [3.05, 3.63) is 23.8 Å². The number of hydrogen-bond donors (Lipinski definition) is 2. The monoisotopic (exact) mass is 235 g/mol. The third-order valence-corrected chi connectivity index (χ3v) is 2.62. The number of amides is 1. The van der Waals surface area contributed by atoms with Gasteiger partial charge < -0.3 is 15.2 Å². The first-order valence-corrected chi connectivity index (χ1v) is 5.32. The summed E-state index contributed by atoms with van der Waals surface area (Å²) in [5, 5.41) is 11.4. The van der Waals surface area contributed by atoms with Crippen molar-refractivity contribution in [2.75, 3.05) is 11.9 Å². The Morgan fingerprint density at radius 2 is 2.35 bits per heavy atom. The SMILES string of the molecule is Cc1ccc2c(c1)NC(=O)C(CC(=O)O)CO2. The molecule has 1 unspecified atom stereocenters. The molecule has 1 amide bonds. The van der Waals surface area contributed by atoms with Crippen LogP contribution in [-0.4, -0.2) is 23.6 Å². The van der Waals surface area contributed by atoms with Gasteiger partial charge in [-0.1, -0.05) is 6.07 Å². The molecular weight excluding hydrogens is 222 g/mol. The van der Waals surface area contributed by atoms with E-state index in [0.29, 0.717) is 11.4 Å². The van der Waals surface area contributed by atoms with Gasteiger partial charge in [0.15, 0.2) is 0 Å². The predicted octanol–water partition coefficient (Wildman–Crippen LogP) is 1.42. The van der Waals surface area contributed by atoms with Gasteiger partial charge in [-0.2, -0.15) is 0 Å². The quantitative estimate of drug-likeness (QED) is 0.812. The van der Waals surface area contributed by atoms with Gasteiger partial charge in [0, 0.05) is 0 Å². The van der Waals surface area contributed by atoms with E-state index in [4.69, 9.17) is 9.84 Å². The Kier molecular flexibility index (Phi) is 2.99. The largest absolute Gasteiger partial charge is 0.491 e. The number of ether oxygens (including phenoxy) is 1. The van der Waals surface area contributed by atoms with Crippen LogP contribution >= 0.6 is 0 Å². The summed E-state index contributed by atoms with van der Waals surface area (Å²) in [6.07, 6.45) is -0.223. The highest BCUT2D eigenvalue weighted by molar-refractivity contribution is 5.96. The number of carboxylic acids is 1. The van der Waals surface area contributed by atoms with Gasteiger partial charge in [-0.25, -0.2) is 0 Å². The molecule has 0 fully saturated rings. The molecule has 0 spiro atoms. The maximum Gasteiger partial charge on any atom is 0.304 e. The van der Waals surface area contributed by atoms with Crippen LogP contribution in [0.1, 0.15) is 12.0 Å². The first-order valence-electron chi connectivity index (χ1n) is 5.32. The predicted molar refractivity (Wildman–Crippen MR) is 61.0 cm³/mol. The van der Waals surface area contributed by atoms with Gasteiger partial charge in [0.1, 0.15) is 12.4 Å². The Morgan fingerprint density at radius 1 is 1.59 bits per heavy atom. The van der Waals surface area contributed by atoms with Gasteiger partial charge >= 0.3 is 5.97 Å². The van der Waals surface area contributed by atoms with Crippen molar-refractivity contribution in [1.82, 2.24) is 0 Å². The van der Waals surface area contributed by atoms with Crippen molar-refractivity contribution in [1.29, 1.82) is 0 Å². The average molecular weight is 235 g/mol. The fourth-order valence-electron chi connectivity index (χ4n) is 1.73. The summed E-state index contributed by atoms with van der Waals surface area (Å²) in [6.45, 7) is 2.00. The number of benzene rings is 1. The van der Waals surface area contributed by atoms with Crippen LogP contribution < -0.4 is 10.1 Å². The number of aryl methyl sites for hydroxylation is 1. The van der Waals surface area contributed by atoms with Crippen LogP contribution in [0.25, 0.3) is 0 Å². The first-order chi connectivity index (χ1) is 8.06. The molecule has 5 nitrogen and oxygen atoms in total. The number of anilines is 1. The first kappa shape index (κ1) is 11.4. The number of carbonyl (C=O) groups is 2. The Morgan fingerprint density at radius 3 is 3.06 bits per heavy atom. The fourth-order valence-corrected chi connectivity index (χ4v) is 1.73. The summed E-state index contributed by atoms with van der Waals surface area (Å²) < 4.78 is 5.44. The van der Waals surface area contributed by atoms with Gasteiger partial charge in [-0.05, 0) is 24.6 Å². The van der Waals surface area contributed by atoms with E-state index < -0.39 is 11.9 Å². The fraction of sp³-hybridized carbons (Fsp3) is 0.333. The molecule has 1 aromatic rings. The molecule has 0 radical (unpaired) electrons. The molecule has 1 aromatic carbocycles. The van der Waals surface area contributed by atoms with Crippen molar-refractivity contribution < 1.29 is 19.4 Å². The van der Waals surface area contributed by atoms with E-state index in [9.17, 15) is 9.59 Å². The van der Waals surface area contributed by atoms with Crippen molar-refractivity contribution in [2.45, 2.75) is 13.3 Å². The van der Waals surface area contributed by atoms with E-state index in [1.165, 1.54) is 0 Å². The minimum absolute atomic E-state index is 0.0915. The van der Waals surface area contributed by atoms with Crippen molar-refractivity contribution in [2.24, 2.45) is 5.92 Å². The molecule has 2 rings (SSSR count). The minimum Gasteiger partial charge on any atom is -0.491 e. The highest BCUT2D eigenvalue weighted by atomic mass is 16.5. The molecule has 0 aromatic heterocycles. The lowest BCUT2D eigenvalue weighted by atomic mass is 10.1. The lowest BCUT2D eigenvalue weighted by molar-refractivity contribution is -0.140. The van der Waals surface area contributed by atoms with Crippen molar-refractivity contribution in [3.63, 3.8) is 0 Å². The van der Waals surface area contributed by atoms with Gasteiger partial charge in [0.2, 0.25) is 5.91 Å². The van der Waals surface area contributed by atoms with E-state index in [0.717, 1.165) is 5.56 Å². The lowest BCUT2D eigenvalue weighted by Gasteiger charge is -2.09. The second-order valence-corrected chi connectivity index (χ2v) is 4.09. The minimum atomic E-state index is -1.00. The van der Waals surface area contributed by atoms with Crippen LogP contribution in [0.3, 0.4) is 0 Å². The molecule has 0 saturated carbocycles. The Hall–Kier alpha value is -2.04. The number of aliphatic carboxylic acids is 1. The van der Waals surface area contributed by atoms with Gasteiger partial charge in [-0.3, -0.25) is 9.59 Å². The number of hydrogen-bond acceptors (Lipinski definition) is 3. The third-order valence-electron chi connectivity index (χ3n) is 2.62. The van der Waals surface area contributed by atoms with E-state index in [1.807, 2.05) is 13.0 Å². The zero-order valence-electron chi connectivity index (χ0n) is 9.40. The molecule has 0 aliphatic carbocycles. The molecule has 0 bridgehead atoms. The van der Waals surface area contributed by atoms with E-state index in [-0.39, 0.29) is 18.9 Å². The normalized spacial score (nSPS) is 18.6. The topological polar surface area (TPSA) is 75.6 Å². The van der Waals surface area contributed by atoms with Crippen molar-refractivity contribution in [3.8, 4) is 5.75 Å². The van der Waals surface area contributed by atoms with E-state index in [1.54, 1.807) is 12.1 Å². The van der Waals surface area contributed by atoms with Crippen LogP contribution in [0.4, 0.5) is 5.69 Å². The van der Waals surface area contributed by atoms with Gasteiger partial charge in [-0.15, -0.1) is 0 Å². The summed E-state index contributed by atoms with van der Waals surface area (Å²) >= 11 is 0. The number of carbonyl (C=O) groups excluding carboxylic acids is 1. The highest BCUT2D eigenvalue weighted by Gasteiger charge is 2.26. The summed E-state index contributed by atoms with van der Waals surface area (Å²) in [5.41, 5.74) is 1.60. The standard InChI is InChI=1S/C12H13NO4/c1-7-2-3-10-9(4-7)13-12(16)8(6-17-10)5-11(14)15/h2-4,8H,5-6H2,1H3,(H,13,16)(H,14,15). The molecule has 1 aliphatic rings. The molecule has 5 heteroatoms. The number of rotatable bonds is 2. The summed E-state index contributed by atoms with van der Waals surface area (Å²) in [5.74, 6) is -1.38. The smallest absolute Gasteiger partial charge is 0.304 e.